The summed E-state index contributed by atoms with van der Waals surface area (Å²) >= 11 is 3.12. The standard InChI is InChI=1S/C11H12BrN3O5/c12-7-3-6(1-2-9(7)16)4-8(14-19)11(18)15-20-10(17)5-13/h1-3,16,19H,4-5,13H2,(H,15,18). The molecule has 20 heavy (non-hydrogen) atoms. The van der Waals surface area contributed by atoms with Crippen molar-refractivity contribution in [1.82, 2.24) is 5.48 Å². The van der Waals surface area contributed by atoms with Crippen molar-refractivity contribution in [1.29, 1.82) is 0 Å². The van der Waals surface area contributed by atoms with Gasteiger partial charge in [0.15, 0.2) is 5.71 Å². The molecule has 0 aliphatic heterocycles. The van der Waals surface area contributed by atoms with Crippen LogP contribution in [0.3, 0.4) is 0 Å². The number of halogens is 1. The van der Waals surface area contributed by atoms with E-state index >= 15 is 0 Å². The summed E-state index contributed by atoms with van der Waals surface area (Å²) in [5, 5.41) is 21.0. The van der Waals surface area contributed by atoms with Gasteiger partial charge in [-0.05, 0) is 33.6 Å². The van der Waals surface area contributed by atoms with Crippen LogP contribution in [0.4, 0.5) is 0 Å². The normalized spacial score (nSPS) is 11.0. The van der Waals surface area contributed by atoms with E-state index in [9.17, 15) is 14.7 Å². The van der Waals surface area contributed by atoms with Crippen LogP contribution in [0.25, 0.3) is 0 Å². The van der Waals surface area contributed by atoms with Crippen LogP contribution in [0.5, 0.6) is 5.75 Å². The van der Waals surface area contributed by atoms with Crippen LogP contribution in [-0.4, -0.2) is 34.4 Å². The monoisotopic (exact) mass is 345 g/mol. The third-order valence-electron chi connectivity index (χ3n) is 2.19. The molecule has 108 valence electrons. The topological polar surface area (TPSA) is 134 Å². The second-order valence-electron chi connectivity index (χ2n) is 3.62. The van der Waals surface area contributed by atoms with Crippen molar-refractivity contribution in [2.24, 2.45) is 10.9 Å². The minimum Gasteiger partial charge on any atom is -0.507 e. The van der Waals surface area contributed by atoms with Crippen LogP contribution in [0.1, 0.15) is 5.56 Å². The van der Waals surface area contributed by atoms with Crippen molar-refractivity contribution in [3.8, 4) is 5.75 Å². The van der Waals surface area contributed by atoms with E-state index in [1.54, 1.807) is 12.1 Å². The highest BCUT2D eigenvalue weighted by Gasteiger charge is 2.15. The van der Waals surface area contributed by atoms with Gasteiger partial charge in [-0.25, -0.2) is 4.79 Å². The minimum absolute atomic E-state index is 0.0264. The highest BCUT2D eigenvalue weighted by molar-refractivity contribution is 9.10. The highest BCUT2D eigenvalue weighted by atomic mass is 79.9. The zero-order chi connectivity index (χ0) is 15.1. The van der Waals surface area contributed by atoms with Crippen molar-refractivity contribution < 1.29 is 24.7 Å². The van der Waals surface area contributed by atoms with Gasteiger partial charge >= 0.3 is 11.9 Å². The fourth-order valence-electron chi connectivity index (χ4n) is 1.22. The number of nitrogens with one attached hydrogen (secondary N) is 1. The number of carbonyl (C=O) groups excluding carboxylic acids is 2. The van der Waals surface area contributed by atoms with E-state index in [4.69, 9.17) is 10.9 Å². The summed E-state index contributed by atoms with van der Waals surface area (Å²) in [6.07, 6.45) is -0.0264. The molecule has 1 aromatic carbocycles. The van der Waals surface area contributed by atoms with Gasteiger partial charge in [-0.3, -0.25) is 4.79 Å². The number of oxime groups is 1. The third-order valence-corrected chi connectivity index (χ3v) is 2.83. The van der Waals surface area contributed by atoms with Crippen LogP contribution >= 0.6 is 15.9 Å². The largest absolute Gasteiger partial charge is 0.507 e. The summed E-state index contributed by atoms with van der Waals surface area (Å²) in [7, 11) is 0. The summed E-state index contributed by atoms with van der Waals surface area (Å²) in [4.78, 5) is 26.7. The second-order valence-corrected chi connectivity index (χ2v) is 4.47. The summed E-state index contributed by atoms with van der Waals surface area (Å²) in [6.45, 7) is -0.392. The van der Waals surface area contributed by atoms with Crippen LogP contribution in [0.15, 0.2) is 27.8 Å². The number of aromatic hydroxyl groups is 1. The van der Waals surface area contributed by atoms with Gasteiger partial charge in [0.05, 0.1) is 11.0 Å². The lowest BCUT2D eigenvalue weighted by atomic mass is 10.1. The molecule has 0 radical (unpaired) electrons. The third kappa shape index (κ3) is 4.52. The molecule has 1 aromatic rings. The Hall–Kier alpha value is -2.13. The molecule has 9 heteroatoms. The quantitative estimate of drug-likeness (QED) is 0.346. The molecular formula is C11H12BrN3O5. The highest BCUT2D eigenvalue weighted by Crippen LogP contribution is 2.24. The Morgan fingerprint density at radius 3 is 2.70 bits per heavy atom. The van der Waals surface area contributed by atoms with Gasteiger partial charge in [-0.15, -0.1) is 0 Å². The fraction of sp³-hybridized carbons (Fsp3) is 0.182. The number of rotatable bonds is 4. The Bertz CT molecular complexity index is 547. The molecule has 0 aliphatic carbocycles. The summed E-state index contributed by atoms with van der Waals surface area (Å²) in [6, 6.07) is 4.52. The number of hydrogen-bond acceptors (Lipinski definition) is 7. The Labute approximate surface area is 122 Å². The number of nitrogens with zero attached hydrogens (tertiary/aromatic N) is 1. The predicted octanol–water partition coefficient (Wildman–Crippen LogP) is 0.0605. The average Bonchev–Trinajstić information content (AvgIpc) is 2.45. The Morgan fingerprint density at radius 2 is 2.15 bits per heavy atom. The van der Waals surface area contributed by atoms with E-state index in [2.05, 4.69) is 25.9 Å². The lowest BCUT2D eigenvalue weighted by Crippen LogP contribution is -2.36. The van der Waals surface area contributed by atoms with E-state index in [0.717, 1.165) is 0 Å². The number of nitrogens with two attached hydrogens (primary N) is 1. The minimum atomic E-state index is -0.876. The maximum atomic E-state index is 11.6. The van der Waals surface area contributed by atoms with E-state index in [1.807, 2.05) is 5.48 Å². The fourth-order valence-corrected chi connectivity index (χ4v) is 1.64. The molecule has 1 amide bonds. The van der Waals surface area contributed by atoms with Gasteiger partial charge in [0.2, 0.25) is 0 Å². The molecule has 0 spiro atoms. The summed E-state index contributed by atoms with van der Waals surface area (Å²) in [5.41, 5.74) is 7.13. The van der Waals surface area contributed by atoms with Crippen LogP contribution in [-0.2, 0) is 20.8 Å². The van der Waals surface area contributed by atoms with Gasteiger partial charge in [-0.2, -0.15) is 5.48 Å². The number of amides is 1. The van der Waals surface area contributed by atoms with E-state index in [1.165, 1.54) is 6.07 Å². The second kappa shape index (κ2) is 7.46. The number of phenolic OH excluding ortho intramolecular Hbond substituents is 1. The molecule has 0 heterocycles. The Morgan fingerprint density at radius 1 is 1.45 bits per heavy atom. The first kappa shape index (κ1) is 15.9. The summed E-state index contributed by atoms with van der Waals surface area (Å²) < 4.78 is 0.433. The number of benzene rings is 1. The van der Waals surface area contributed by atoms with E-state index in [0.29, 0.717) is 10.0 Å². The first-order chi connectivity index (χ1) is 9.47. The van der Waals surface area contributed by atoms with Crippen LogP contribution in [0, 0.1) is 0 Å². The van der Waals surface area contributed by atoms with E-state index in [-0.39, 0.29) is 17.9 Å². The molecule has 0 unspecified atom stereocenters. The van der Waals surface area contributed by atoms with Gasteiger partial charge in [-0.1, -0.05) is 11.2 Å². The Balaban J connectivity index is 2.69. The first-order valence-corrected chi connectivity index (χ1v) is 6.15. The first-order valence-electron chi connectivity index (χ1n) is 5.36. The smallest absolute Gasteiger partial charge is 0.345 e. The SMILES string of the molecule is NCC(=O)ONC(=O)C(Cc1ccc(O)c(Br)c1)=NO. The predicted molar refractivity (Wildman–Crippen MR) is 72.0 cm³/mol. The van der Waals surface area contributed by atoms with Gasteiger partial charge in [0.1, 0.15) is 5.75 Å². The Kier molecular flexibility index (Phi) is 5.94. The zero-order valence-corrected chi connectivity index (χ0v) is 11.8. The molecular weight excluding hydrogens is 334 g/mol. The number of hydroxylamine groups is 1. The average molecular weight is 346 g/mol. The van der Waals surface area contributed by atoms with Gasteiger partial charge in [0, 0.05) is 6.42 Å². The molecule has 0 saturated carbocycles. The molecule has 0 aromatic heterocycles. The molecule has 0 aliphatic rings. The lowest BCUT2D eigenvalue weighted by Gasteiger charge is -2.07. The van der Waals surface area contributed by atoms with Crippen LogP contribution in [0.2, 0.25) is 0 Å². The molecule has 0 fully saturated rings. The summed E-state index contributed by atoms with van der Waals surface area (Å²) in [5.74, 6) is -1.67. The van der Waals surface area contributed by atoms with Crippen molar-refractivity contribution in [2.45, 2.75) is 6.42 Å². The van der Waals surface area contributed by atoms with Crippen molar-refractivity contribution in [3.05, 3.63) is 28.2 Å². The van der Waals surface area contributed by atoms with Crippen molar-refractivity contribution >= 4 is 33.5 Å². The molecule has 0 bridgehead atoms. The molecule has 5 N–H and O–H groups in total. The van der Waals surface area contributed by atoms with E-state index < -0.39 is 18.4 Å². The number of hydrogen-bond donors (Lipinski definition) is 4. The number of carbonyl (C=O) groups is 2. The maximum Gasteiger partial charge on any atom is 0.345 e. The van der Waals surface area contributed by atoms with Crippen molar-refractivity contribution in [2.75, 3.05) is 6.54 Å². The lowest BCUT2D eigenvalue weighted by molar-refractivity contribution is -0.154. The maximum absolute atomic E-state index is 11.6. The molecule has 1 rings (SSSR count). The molecule has 0 saturated heterocycles. The van der Waals surface area contributed by atoms with Gasteiger partial charge in [0.25, 0.3) is 0 Å². The zero-order valence-electron chi connectivity index (χ0n) is 10.2. The molecule has 0 atom stereocenters. The van der Waals surface area contributed by atoms with Gasteiger partial charge < -0.3 is 20.9 Å². The van der Waals surface area contributed by atoms with Crippen molar-refractivity contribution in [3.63, 3.8) is 0 Å². The number of phenols is 1. The van der Waals surface area contributed by atoms with Crippen LogP contribution < -0.4 is 11.2 Å². The molecule has 8 nitrogen and oxygen atoms in total.